The summed E-state index contributed by atoms with van der Waals surface area (Å²) in [6.07, 6.45) is 4.06. The number of furan rings is 1. The largest absolute Gasteiger partial charge is 0.465 e. The van der Waals surface area contributed by atoms with Crippen molar-refractivity contribution in [2.45, 2.75) is 50.5 Å². The summed E-state index contributed by atoms with van der Waals surface area (Å²) in [7, 11) is 3.71. The van der Waals surface area contributed by atoms with Crippen LogP contribution in [0.4, 0.5) is 0 Å². The smallest absolute Gasteiger partial charge is 0.222 e. The number of aryl methyl sites for hydroxylation is 1. The van der Waals surface area contributed by atoms with E-state index in [1.54, 1.807) is 4.90 Å². The van der Waals surface area contributed by atoms with Gasteiger partial charge >= 0.3 is 0 Å². The van der Waals surface area contributed by atoms with Crippen molar-refractivity contribution in [3.05, 3.63) is 59.0 Å². The molecule has 144 valence electrons. The quantitative estimate of drug-likeness (QED) is 0.818. The Kier molecular flexibility index (Phi) is 4.85. The van der Waals surface area contributed by atoms with E-state index in [1.165, 1.54) is 11.1 Å². The van der Waals surface area contributed by atoms with Gasteiger partial charge in [0, 0.05) is 20.5 Å². The monoisotopic (exact) mass is 366 g/mol. The summed E-state index contributed by atoms with van der Waals surface area (Å²) in [5, 5.41) is 0. The van der Waals surface area contributed by atoms with Gasteiger partial charge in [0.15, 0.2) is 0 Å². The fraction of sp³-hybridized carbons (Fsp3) is 0.522. The lowest BCUT2D eigenvalue weighted by atomic mass is 9.73. The highest BCUT2D eigenvalue weighted by molar-refractivity contribution is 5.77. The summed E-state index contributed by atoms with van der Waals surface area (Å²) >= 11 is 0. The molecule has 2 aliphatic rings. The maximum atomic E-state index is 12.3. The molecule has 1 amide bonds. The topological polar surface area (TPSA) is 36.7 Å². The molecule has 2 heterocycles. The molecule has 1 atom stereocenters. The minimum Gasteiger partial charge on any atom is -0.465 e. The first kappa shape index (κ1) is 18.3. The van der Waals surface area contributed by atoms with Gasteiger partial charge in [-0.1, -0.05) is 24.3 Å². The van der Waals surface area contributed by atoms with Gasteiger partial charge in [-0.25, -0.2) is 0 Å². The molecule has 0 radical (unpaired) electrons. The van der Waals surface area contributed by atoms with Gasteiger partial charge in [0.05, 0.1) is 6.54 Å². The van der Waals surface area contributed by atoms with Crippen molar-refractivity contribution in [1.29, 1.82) is 0 Å². The second-order valence-corrected chi connectivity index (χ2v) is 8.55. The Morgan fingerprint density at radius 3 is 2.59 bits per heavy atom. The van der Waals surface area contributed by atoms with Crippen LogP contribution in [-0.2, 0) is 16.8 Å². The number of piperidine rings is 1. The molecule has 2 aromatic rings. The zero-order chi connectivity index (χ0) is 19.0. The van der Waals surface area contributed by atoms with Crippen LogP contribution in [0.5, 0.6) is 0 Å². The first-order chi connectivity index (χ1) is 13.0. The Hall–Kier alpha value is -2.07. The number of carbonyl (C=O) groups is 1. The predicted octanol–water partition coefficient (Wildman–Crippen LogP) is 4.09. The normalized spacial score (nSPS) is 21.4. The van der Waals surface area contributed by atoms with E-state index in [4.69, 9.17) is 4.42 Å². The van der Waals surface area contributed by atoms with Crippen LogP contribution in [-0.4, -0.2) is 42.9 Å². The highest BCUT2D eigenvalue weighted by Gasteiger charge is 2.45. The maximum Gasteiger partial charge on any atom is 0.222 e. The van der Waals surface area contributed by atoms with Crippen LogP contribution >= 0.6 is 0 Å². The molecule has 1 aromatic heterocycles. The van der Waals surface area contributed by atoms with E-state index in [2.05, 4.69) is 35.2 Å². The van der Waals surface area contributed by atoms with Crippen molar-refractivity contribution in [3.63, 3.8) is 0 Å². The van der Waals surface area contributed by atoms with Crippen molar-refractivity contribution < 1.29 is 9.21 Å². The fourth-order valence-electron chi connectivity index (χ4n) is 5.01. The number of amides is 1. The van der Waals surface area contributed by atoms with Gasteiger partial charge < -0.3 is 9.32 Å². The minimum absolute atomic E-state index is 0.234. The average Bonchev–Trinajstić information content (AvgIpc) is 3.19. The second-order valence-electron chi connectivity index (χ2n) is 8.55. The molecular weight excluding hydrogens is 336 g/mol. The molecule has 0 unspecified atom stereocenters. The molecule has 4 rings (SSSR count). The Balaban J connectivity index is 1.48. The molecule has 4 heteroatoms. The van der Waals surface area contributed by atoms with Crippen LogP contribution in [0.2, 0.25) is 0 Å². The molecule has 1 fully saturated rings. The minimum atomic E-state index is 0.234. The van der Waals surface area contributed by atoms with Crippen molar-refractivity contribution in [2.24, 2.45) is 0 Å². The standard InChI is InChI=1S/C23H30N2O2/c1-17-8-9-19(27-17)16-25-12-10-23(11-13-25)15-18(14-22(26)24(2)3)20-6-4-5-7-21(20)23/h4-9,18H,10-16H2,1-3H3/t18-/m0/s1. The molecule has 0 saturated carbocycles. The van der Waals surface area contributed by atoms with Crippen LogP contribution in [0.15, 0.2) is 40.8 Å². The zero-order valence-electron chi connectivity index (χ0n) is 16.7. The summed E-state index contributed by atoms with van der Waals surface area (Å²) in [6, 6.07) is 13.0. The third kappa shape index (κ3) is 3.55. The average molecular weight is 367 g/mol. The lowest BCUT2D eigenvalue weighted by Gasteiger charge is -2.40. The Labute approximate surface area is 162 Å². The molecule has 1 aliphatic carbocycles. The van der Waals surface area contributed by atoms with Gasteiger partial charge in [0.1, 0.15) is 11.5 Å². The molecule has 1 spiro atoms. The lowest BCUT2D eigenvalue weighted by Crippen LogP contribution is -2.41. The fourth-order valence-corrected chi connectivity index (χ4v) is 5.01. The van der Waals surface area contributed by atoms with E-state index in [0.717, 1.165) is 50.4 Å². The molecule has 0 N–H and O–H groups in total. The summed E-state index contributed by atoms with van der Waals surface area (Å²) in [5.74, 6) is 2.63. The number of hydrogen-bond acceptors (Lipinski definition) is 3. The van der Waals surface area contributed by atoms with Crippen LogP contribution in [0.25, 0.3) is 0 Å². The zero-order valence-corrected chi connectivity index (χ0v) is 16.7. The number of fused-ring (bicyclic) bond motifs is 2. The van der Waals surface area contributed by atoms with Gasteiger partial charge in [-0.15, -0.1) is 0 Å². The number of benzene rings is 1. The maximum absolute atomic E-state index is 12.3. The summed E-state index contributed by atoms with van der Waals surface area (Å²) in [4.78, 5) is 16.6. The molecule has 27 heavy (non-hydrogen) atoms. The van der Waals surface area contributed by atoms with Crippen molar-refractivity contribution in [1.82, 2.24) is 9.80 Å². The molecule has 0 bridgehead atoms. The van der Waals surface area contributed by atoms with Gasteiger partial charge in [0.25, 0.3) is 0 Å². The number of carbonyl (C=O) groups excluding carboxylic acids is 1. The molecule has 1 aliphatic heterocycles. The predicted molar refractivity (Wildman–Crippen MR) is 107 cm³/mol. The van der Waals surface area contributed by atoms with E-state index in [1.807, 2.05) is 27.1 Å². The first-order valence-electron chi connectivity index (χ1n) is 10.0. The third-order valence-corrected chi connectivity index (χ3v) is 6.52. The van der Waals surface area contributed by atoms with Crippen molar-refractivity contribution in [2.75, 3.05) is 27.2 Å². The Bertz CT molecular complexity index is 815. The van der Waals surface area contributed by atoms with Crippen LogP contribution in [0, 0.1) is 6.92 Å². The van der Waals surface area contributed by atoms with Gasteiger partial charge in [-0.05, 0) is 73.9 Å². The van der Waals surface area contributed by atoms with E-state index in [9.17, 15) is 4.79 Å². The van der Waals surface area contributed by atoms with Crippen molar-refractivity contribution in [3.8, 4) is 0 Å². The highest BCUT2D eigenvalue weighted by atomic mass is 16.3. The second kappa shape index (κ2) is 7.16. The van der Waals surface area contributed by atoms with E-state index >= 15 is 0 Å². The van der Waals surface area contributed by atoms with E-state index in [0.29, 0.717) is 12.3 Å². The number of nitrogens with zero attached hydrogens (tertiary/aromatic N) is 2. The van der Waals surface area contributed by atoms with E-state index in [-0.39, 0.29) is 11.3 Å². The van der Waals surface area contributed by atoms with Gasteiger partial charge in [0.2, 0.25) is 5.91 Å². The summed E-state index contributed by atoms with van der Waals surface area (Å²) in [5.41, 5.74) is 3.14. The summed E-state index contributed by atoms with van der Waals surface area (Å²) < 4.78 is 5.76. The molecule has 4 nitrogen and oxygen atoms in total. The molecular formula is C23H30N2O2. The Morgan fingerprint density at radius 2 is 1.93 bits per heavy atom. The van der Waals surface area contributed by atoms with Crippen LogP contribution in [0.1, 0.15) is 54.2 Å². The lowest BCUT2D eigenvalue weighted by molar-refractivity contribution is -0.129. The first-order valence-corrected chi connectivity index (χ1v) is 10.0. The Morgan fingerprint density at radius 1 is 1.19 bits per heavy atom. The van der Waals surface area contributed by atoms with Crippen molar-refractivity contribution >= 4 is 5.91 Å². The van der Waals surface area contributed by atoms with E-state index < -0.39 is 0 Å². The third-order valence-electron chi connectivity index (χ3n) is 6.52. The van der Waals surface area contributed by atoms with Crippen LogP contribution < -0.4 is 0 Å². The number of likely N-dealkylation sites (tertiary alicyclic amines) is 1. The molecule has 1 saturated heterocycles. The molecule has 1 aromatic carbocycles. The summed E-state index contributed by atoms with van der Waals surface area (Å²) in [6.45, 7) is 5.07. The SMILES string of the molecule is Cc1ccc(CN2CCC3(CC2)C[C@H](CC(=O)N(C)C)c2ccccc23)o1. The van der Waals surface area contributed by atoms with Crippen LogP contribution in [0.3, 0.4) is 0 Å². The van der Waals surface area contributed by atoms with Gasteiger partial charge in [-0.2, -0.15) is 0 Å². The number of rotatable bonds is 4. The number of hydrogen-bond donors (Lipinski definition) is 0. The highest BCUT2D eigenvalue weighted by Crippen LogP contribution is 2.52. The van der Waals surface area contributed by atoms with Gasteiger partial charge in [-0.3, -0.25) is 9.69 Å².